The van der Waals surface area contributed by atoms with Crippen molar-refractivity contribution in [1.82, 2.24) is 19.7 Å². The number of nitrogens with zero attached hydrogens (tertiary/aromatic N) is 4. The number of rotatable bonds is 5. The van der Waals surface area contributed by atoms with Crippen LogP contribution in [0, 0.1) is 5.92 Å². The van der Waals surface area contributed by atoms with Crippen molar-refractivity contribution < 1.29 is 9.53 Å². The van der Waals surface area contributed by atoms with Gasteiger partial charge in [0.05, 0.1) is 6.54 Å². The van der Waals surface area contributed by atoms with Crippen LogP contribution in [0.15, 0.2) is 0 Å². The molecule has 0 N–H and O–H groups in total. The molecule has 1 atom stereocenters. The van der Waals surface area contributed by atoms with Gasteiger partial charge in [0, 0.05) is 26.1 Å². The summed E-state index contributed by atoms with van der Waals surface area (Å²) in [5.74, 6) is 2.34. The highest BCUT2D eigenvalue weighted by Gasteiger charge is 2.27. The van der Waals surface area contributed by atoms with E-state index in [1.807, 2.05) is 11.8 Å². The standard InChI is InChI=1S/C14H24N4O2/c1-5-12-15-16-13-8-17(6-7-18(12)13)14(19)11(4)20-9-10(2)3/h10-11H,5-9H2,1-4H3. The molecule has 20 heavy (non-hydrogen) atoms. The van der Waals surface area contributed by atoms with Crippen LogP contribution in [-0.4, -0.2) is 44.8 Å². The largest absolute Gasteiger partial charge is 0.368 e. The minimum absolute atomic E-state index is 0.0398. The molecule has 0 bridgehead atoms. The second-order valence-corrected chi connectivity index (χ2v) is 5.67. The molecule has 1 aromatic rings. The molecule has 1 aromatic heterocycles. The number of aromatic nitrogens is 3. The highest BCUT2D eigenvalue weighted by Crippen LogP contribution is 2.14. The Hall–Kier alpha value is -1.43. The van der Waals surface area contributed by atoms with Gasteiger partial charge in [-0.3, -0.25) is 4.79 Å². The van der Waals surface area contributed by atoms with E-state index in [0.717, 1.165) is 24.6 Å². The van der Waals surface area contributed by atoms with Crippen molar-refractivity contribution in [3.05, 3.63) is 11.6 Å². The van der Waals surface area contributed by atoms with Crippen LogP contribution in [0.4, 0.5) is 0 Å². The molecule has 0 saturated carbocycles. The van der Waals surface area contributed by atoms with Crippen LogP contribution >= 0.6 is 0 Å². The lowest BCUT2D eigenvalue weighted by Crippen LogP contribution is -2.44. The van der Waals surface area contributed by atoms with Gasteiger partial charge in [-0.15, -0.1) is 10.2 Å². The Labute approximate surface area is 120 Å². The van der Waals surface area contributed by atoms with Crippen LogP contribution in [0.5, 0.6) is 0 Å². The van der Waals surface area contributed by atoms with E-state index in [2.05, 4.69) is 35.5 Å². The van der Waals surface area contributed by atoms with Gasteiger partial charge in [0.25, 0.3) is 5.91 Å². The summed E-state index contributed by atoms with van der Waals surface area (Å²) in [7, 11) is 0. The van der Waals surface area contributed by atoms with Crippen molar-refractivity contribution in [2.45, 2.75) is 53.3 Å². The maximum absolute atomic E-state index is 12.3. The van der Waals surface area contributed by atoms with Crippen LogP contribution in [0.3, 0.4) is 0 Å². The van der Waals surface area contributed by atoms with Crippen LogP contribution in [0.25, 0.3) is 0 Å². The van der Waals surface area contributed by atoms with E-state index in [1.165, 1.54) is 0 Å². The number of hydrogen-bond acceptors (Lipinski definition) is 4. The topological polar surface area (TPSA) is 60.2 Å². The fourth-order valence-electron chi connectivity index (χ4n) is 2.33. The predicted octanol–water partition coefficient (Wildman–Crippen LogP) is 1.24. The van der Waals surface area contributed by atoms with Crippen molar-refractivity contribution in [2.24, 2.45) is 5.92 Å². The van der Waals surface area contributed by atoms with E-state index >= 15 is 0 Å². The summed E-state index contributed by atoms with van der Waals surface area (Å²) in [6, 6.07) is 0. The maximum atomic E-state index is 12.3. The highest BCUT2D eigenvalue weighted by atomic mass is 16.5. The summed E-state index contributed by atoms with van der Waals surface area (Å²) in [5.41, 5.74) is 0. The molecular weight excluding hydrogens is 256 g/mol. The van der Waals surface area contributed by atoms with E-state index in [0.29, 0.717) is 25.6 Å². The van der Waals surface area contributed by atoms with E-state index in [-0.39, 0.29) is 5.91 Å². The third-order valence-corrected chi connectivity index (χ3v) is 3.49. The van der Waals surface area contributed by atoms with E-state index < -0.39 is 6.10 Å². The van der Waals surface area contributed by atoms with E-state index in [1.54, 1.807) is 0 Å². The van der Waals surface area contributed by atoms with Gasteiger partial charge in [-0.2, -0.15) is 0 Å². The first kappa shape index (κ1) is 15.0. The van der Waals surface area contributed by atoms with Gasteiger partial charge in [0.2, 0.25) is 0 Å². The van der Waals surface area contributed by atoms with Gasteiger partial charge in [-0.05, 0) is 12.8 Å². The first-order valence-electron chi connectivity index (χ1n) is 7.34. The lowest BCUT2D eigenvalue weighted by molar-refractivity contribution is -0.144. The van der Waals surface area contributed by atoms with Crippen molar-refractivity contribution in [3.63, 3.8) is 0 Å². The quantitative estimate of drug-likeness (QED) is 0.814. The molecule has 1 aliphatic rings. The second-order valence-electron chi connectivity index (χ2n) is 5.67. The Kier molecular flexibility index (Phi) is 4.75. The third kappa shape index (κ3) is 3.17. The summed E-state index contributed by atoms with van der Waals surface area (Å²) < 4.78 is 7.71. The van der Waals surface area contributed by atoms with Crippen molar-refractivity contribution in [3.8, 4) is 0 Å². The Morgan fingerprint density at radius 2 is 2.05 bits per heavy atom. The second kappa shape index (κ2) is 6.35. The van der Waals surface area contributed by atoms with E-state index in [9.17, 15) is 4.79 Å². The van der Waals surface area contributed by atoms with Crippen LogP contribution in [-0.2, 0) is 29.0 Å². The third-order valence-electron chi connectivity index (χ3n) is 3.49. The molecule has 6 heteroatoms. The molecule has 1 unspecified atom stereocenters. The minimum atomic E-state index is -0.391. The molecule has 6 nitrogen and oxygen atoms in total. The molecule has 0 radical (unpaired) electrons. The van der Waals surface area contributed by atoms with Crippen LogP contribution in [0.1, 0.15) is 39.3 Å². The zero-order chi connectivity index (χ0) is 14.7. The zero-order valence-electron chi connectivity index (χ0n) is 12.8. The van der Waals surface area contributed by atoms with Crippen LogP contribution < -0.4 is 0 Å². The molecule has 2 rings (SSSR count). The monoisotopic (exact) mass is 280 g/mol. The molecule has 0 spiro atoms. The zero-order valence-corrected chi connectivity index (χ0v) is 12.8. The molecule has 0 saturated heterocycles. The smallest absolute Gasteiger partial charge is 0.251 e. The summed E-state index contributed by atoms with van der Waals surface area (Å²) >= 11 is 0. The fraction of sp³-hybridized carbons (Fsp3) is 0.786. The number of hydrogen-bond donors (Lipinski definition) is 0. The molecular formula is C14H24N4O2. The number of carbonyl (C=O) groups is 1. The maximum Gasteiger partial charge on any atom is 0.251 e. The molecule has 0 fully saturated rings. The Balaban J connectivity index is 1.96. The molecule has 0 aliphatic carbocycles. The minimum Gasteiger partial charge on any atom is -0.368 e. The first-order valence-corrected chi connectivity index (χ1v) is 7.34. The number of aryl methyl sites for hydroxylation is 1. The average molecular weight is 280 g/mol. The van der Waals surface area contributed by atoms with E-state index in [4.69, 9.17) is 4.74 Å². The summed E-state index contributed by atoms with van der Waals surface area (Å²) in [6.45, 7) is 10.6. The first-order chi connectivity index (χ1) is 9.52. The number of fused-ring (bicyclic) bond motifs is 1. The summed E-state index contributed by atoms with van der Waals surface area (Å²) in [5, 5.41) is 8.33. The Morgan fingerprint density at radius 1 is 1.30 bits per heavy atom. The molecule has 1 amide bonds. The number of carbonyl (C=O) groups excluding carboxylic acids is 1. The molecule has 0 aromatic carbocycles. The van der Waals surface area contributed by atoms with Crippen molar-refractivity contribution in [2.75, 3.05) is 13.2 Å². The van der Waals surface area contributed by atoms with Crippen molar-refractivity contribution >= 4 is 5.91 Å². The Morgan fingerprint density at radius 3 is 2.70 bits per heavy atom. The Bertz CT molecular complexity index is 470. The van der Waals surface area contributed by atoms with Gasteiger partial charge >= 0.3 is 0 Å². The van der Waals surface area contributed by atoms with Crippen molar-refractivity contribution in [1.29, 1.82) is 0 Å². The van der Waals surface area contributed by atoms with Gasteiger partial charge < -0.3 is 14.2 Å². The molecule has 2 heterocycles. The summed E-state index contributed by atoms with van der Waals surface area (Å²) in [4.78, 5) is 14.2. The highest BCUT2D eigenvalue weighted by molar-refractivity contribution is 5.80. The lowest BCUT2D eigenvalue weighted by Gasteiger charge is -2.30. The number of ether oxygens (including phenoxy) is 1. The SMILES string of the molecule is CCc1nnc2n1CCN(C(=O)C(C)OCC(C)C)C2. The predicted molar refractivity (Wildman–Crippen MR) is 75.1 cm³/mol. The molecule has 1 aliphatic heterocycles. The van der Waals surface area contributed by atoms with Gasteiger partial charge in [-0.1, -0.05) is 20.8 Å². The van der Waals surface area contributed by atoms with Crippen LogP contribution in [0.2, 0.25) is 0 Å². The fourth-order valence-corrected chi connectivity index (χ4v) is 2.33. The normalized spacial score (nSPS) is 16.4. The van der Waals surface area contributed by atoms with Gasteiger partial charge in [-0.25, -0.2) is 0 Å². The average Bonchev–Trinajstić information content (AvgIpc) is 2.85. The van der Waals surface area contributed by atoms with Gasteiger partial charge in [0.1, 0.15) is 11.9 Å². The van der Waals surface area contributed by atoms with Gasteiger partial charge in [0.15, 0.2) is 5.82 Å². The lowest BCUT2D eigenvalue weighted by atomic mass is 10.2. The summed E-state index contributed by atoms with van der Waals surface area (Å²) in [6.07, 6.45) is 0.479. The molecule has 112 valence electrons. The number of amides is 1.